The molecule has 0 spiro atoms. The molecule has 7 nitrogen and oxygen atoms in total. The molecule has 7 heteroatoms. The van der Waals surface area contributed by atoms with Gasteiger partial charge < -0.3 is 4.90 Å². The number of carbonyl (C=O) groups excluding carboxylic acids is 2. The Balaban J connectivity index is 1.54. The van der Waals surface area contributed by atoms with Crippen LogP contribution < -0.4 is 5.48 Å². The highest BCUT2D eigenvalue weighted by Crippen LogP contribution is 2.12. The molecule has 0 radical (unpaired) electrons. The van der Waals surface area contributed by atoms with Gasteiger partial charge in [-0.05, 0) is 42.5 Å². The third-order valence-corrected chi connectivity index (χ3v) is 4.99. The van der Waals surface area contributed by atoms with Gasteiger partial charge in [-0.1, -0.05) is 30.3 Å². The standard InChI is InChI=1S/C23H26N4O3/c1-26-12-14-27(15-13-26)17-19-2-6-20(7-3-19)22(28)10-5-18-4-8-21(24-16-18)9-11-23(29)25-30/h2-11,16,30H,12-15,17H2,1H3,(H,25,29). The smallest absolute Gasteiger partial charge is 0.267 e. The molecule has 1 aliphatic heterocycles. The average Bonchev–Trinajstić information content (AvgIpc) is 2.78. The first-order valence-electron chi connectivity index (χ1n) is 9.84. The number of hydrogen-bond donors (Lipinski definition) is 2. The van der Waals surface area contributed by atoms with Crippen LogP contribution in [0.1, 0.15) is 27.2 Å². The van der Waals surface area contributed by atoms with Gasteiger partial charge in [-0.25, -0.2) is 5.48 Å². The van der Waals surface area contributed by atoms with Crippen molar-refractivity contribution in [3.63, 3.8) is 0 Å². The van der Waals surface area contributed by atoms with Crippen LogP contribution in [-0.2, 0) is 11.3 Å². The Morgan fingerprint density at radius 3 is 2.40 bits per heavy atom. The van der Waals surface area contributed by atoms with Gasteiger partial charge in [-0.2, -0.15) is 0 Å². The van der Waals surface area contributed by atoms with Crippen molar-refractivity contribution in [1.82, 2.24) is 20.3 Å². The van der Waals surface area contributed by atoms with E-state index in [-0.39, 0.29) is 5.78 Å². The minimum atomic E-state index is -0.624. The fraction of sp³-hybridized carbons (Fsp3) is 0.261. The zero-order valence-electron chi connectivity index (χ0n) is 17.0. The van der Waals surface area contributed by atoms with Crippen LogP contribution in [0.5, 0.6) is 0 Å². The molecular formula is C23H26N4O3. The van der Waals surface area contributed by atoms with Crippen molar-refractivity contribution in [3.8, 4) is 0 Å². The number of carbonyl (C=O) groups is 2. The molecule has 1 fully saturated rings. The zero-order chi connectivity index (χ0) is 21.3. The Hall–Kier alpha value is -3.13. The Morgan fingerprint density at radius 2 is 1.77 bits per heavy atom. The number of hydroxylamine groups is 1. The molecule has 30 heavy (non-hydrogen) atoms. The van der Waals surface area contributed by atoms with Gasteiger partial charge in [0.05, 0.1) is 5.69 Å². The topological polar surface area (TPSA) is 85.8 Å². The lowest BCUT2D eigenvalue weighted by atomic mass is 10.1. The molecule has 3 rings (SSSR count). The summed E-state index contributed by atoms with van der Waals surface area (Å²) in [6, 6.07) is 11.3. The van der Waals surface area contributed by atoms with Gasteiger partial charge in [0.15, 0.2) is 5.78 Å². The summed E-state index contributed by atoms with van der Waals surface area (Å²) in [5.41, 5.74) is 4.72. The fourth-order valence-corrected chi connectivity index (χ4v) is 3.12. The molecule has 156 valence electrons. The third kappa shape index (κ3) is 6.45. The van der Waals surface area contributed by atoms with Crippen LogP contribution in [0.2, 0.25) is 0 Å². The summed E-state index contributed by atoms with van der Waals surface area (Å²) in [7, 11) is 2.14. The van der Waals surface area contributed by atoms with E-state index in [9.17, 15) is 9.59 Å². The first-order chi connectivity index (χ1) is 14.5. The van der Waals surface area contributed by atoms with E-state index in [1.165, 1.54) is 29.3 Å². The Kier molecular flexibility index (Phi) is 7.62. The summed E-state index contributed by atoms with van der Waals surface area (Å²) >= 11 is 0. The van der Waals surface area contributed by atoms with E-state index >= 15 is 0 Å². The van der Waals surface area contributed by atoms with E-state index in [1.807, 2.05) is 24.3 Å². The van der Waals surface area contributed by atoms with Crippen molar-refractivity contribution in [3.05, 3.63) is 77.1 Å². The highest BCUT2D eigenvalue weighted by molar-refractivity contribution is 6.06. The number of amides is 1. The third-order valence-electron chi connectivity index (χ3n) is 4.99. The number of likely N-dealkylation sites (N-methyl/N-ethyl adjacent to an activating group) is 1. The molecule has 0 unspecified atom stereocenters. The summed E-state index contributed by atoms with van der Waals surface area (Å²) < 4.78 is 0. The highest BCUT2D eigenvalue weighted by Gasteiger charge is 2.13. The van der Waals surface area contributed by atoms with Crippen LogP contribution >= 0.6 is 0 Å². The quantitative estimate of drug-likeness (QED) is 0.317. The fourth-order valence-electron chi connectivity index (χ4n) is 3.12. The Bertz CT molecular complexity index is 912. The minimum Gasteiger partial charge on any atom is -0.304 e. The molecule has 0 aliphatic carbocycles. The maximum atomic E-state index is 12.4. The second-order valence-electron chi connectivity index (χ2n) is 7.30. The van der Waals surface area contributed by atoms with Gasteiger partial charge in [0.1, 0.15) is 0 Å². The number of hydrogen-bond acceptors (Lipinski definition) is 6. The van der Waals surface area contributed by atoms with E-state index in [0.717, 1.165) is 38.3 Å². The Labute approximate surface area is 176 Å². The van der Waals surface area contributed by atoms with Crippen molar-refractivity contribution in [1.29, 1.82) is 0 Å². The van der Waals surface area contributed by atoms with Gasteiger partial charge in [0, 0.05) is 50.6 Å². The van der Waals surface area contributed by atoms with Crippen LogP contribution in [0.15, 0.2) is 54.7 Å². The van der Waals surface area contributed by atoms with Crippen molar-refractivity contribution >= 4 is 23.8 Å². The summed E-state index contributed by atoms with van der Waals surface area (Å²) in [5, 5.41) is 8.45. The number of ketones is 1. The molecule has 2 heterocycles. The predicted octanol–water partition coefficient (Wildman–Crippen LogP) is 2.24. The number of nitrogens with one attached hydrogen (secondary N) is 1. The second-order valence-corrected chi connectivity index (χ2v) is 7.30. The molecule has 1 aromatic heterocycles. The van der Waals surface area contributed by atoms with E-state index in [1.54, 1.807) is 24.4 Å². The largest absolute Gasteiger partial charge is 0.304 e. The lowest BCUT2D eigenvalue weighted by Crippen LogP contribution is -2.43. The number of allylic oxidation sites excluding steroid dienone is 1. The van der Waals surface area contributed by atoms with Gasteiger partial charge >= 0.3 is 0 Å². The van der Waals surface area contributed by atoms with E-state index in [2.05, 4.69) is 21.8 Å². The molecule has 1 amide bonds. The van der Waals surface area contributed by atoms with E-state index < -0.39 is 5.91 Å². The molecule has 1 saturated heterocycles. The average molecular weight is 406 g/mol. The first kappa shape index (κ1) is 21.6. The number of nitrogens with zero attached hydrogens (tertiary/aromatic N) is 3. The second kappa shape index (κ2) is 10.6. The number of pyridine rings is 1. The zero-order valence-corrected chi connectivity index (χ0v) is 17.0. The first-order valence-corrected chi connectivity index (χ1v) is 9.84. The van der Waals surface area contributed by atoms with Crippen molar-refractivity contribution < 1.29 is 14.8 Å². The normalized spacial score (nSPS) is 15.7. The number of benzene rings is 1. The maximum absolute atomic E-state index is 12.4. The van der Waals surface area contributed by atoms with Crippen LogP contribution in [0.4, 0.5) is 0 Å². The molecule has 0 atom stereocenters. The van der Waals surface area contributed by atoms with Gasteiger partial charge in [-0.15, -0.1) is 0 Å². The summed E-state index contributed by atoms with van der Waals surface area (Å²) in [4.78, 5) is 32.4. The predicted molar refractivity (Wildman–Crippen MR) is 116 cm³/mol. The monoisotopic (exact) mass is 406 g/mol. The van der Waals surface area contributed by atoms with Crippen molar-refractivity contribution in [2.45, 2.75) is 6.54 Å². The summed E-state index contributed by atoms with van der Waals surface area (Å²) in [6.45, 7) is 5.22. The van der Waals surface area contributed by atoms with Crippen LogP contribution in [0, 0.1) is 0 Å². The van der Waals surface area contributed by atoms with Crippen LogP contribution in [0.25, 0.3) is 12.2 Å². The molecule has 0 bridgehead atoms. The molecule has 1 aliphatic rings. The highest BCUT2D eigenvalue weighted by atomic mass is 16.5. The van der Waals surface area contributed by atoms with Gasteiger partial charge in [0.2, 0.25) is 0 Å². The summed E-state index contributed by atoms with van der Waals surface area (Å²) in [5.74, 6) is -0.689. The van der Waals surface area contributed by atoms with Crippen LogP contribution in [-0.4, -0.2) is 64.9 Å². The lowest BCUT2D eigenvalue weighted by molar-refractivity contribution is -0.124. The Morgan fingerprint density at radius 1 is 1.03 bits per heavy atom. The molecule has 1 aromatic carbocycles. The molecule has 2 N–H and O–H groups in total. The molecule has 2 aromatic rings. The van der Waals surface area contributed by atoms with Gasteiger partial charge in [-0.3, -0.25) is 24.7 Å². The van der Waals surface area contributed by atoms with Crippen LogP contribution in [0.3, 0.4) is 0 Å². The SMILES string of the molecule is CN1CCN(Cc2ccc(C(=O)C=Cc3ccc(C=CC(=O)NO)nc3)cc2)CC1. The molecular weight excluding hydrogens is 380 g/mol. The summed E-state index contributed by atoms with van der Waals surface area (Å²) in [6.07, 6.45) is 7.50. The molecule has 0 saturated carbocycles. The van der Waals surface area contributed by atoms with E-state index in [4.69, 9.17) is 5.21 Å². The lowest BCUT2D eigenvalue weighted by Gasteiger charge is -2.32. The number of aromatic nitrogens is 1. The van der Waals surface area contributed by atoms with Crippen molar-refractivity contribution in [2.24, 2.45) is 0 Å². The minimum absolute atomic E-state index is 0.0651. The number of rotatable bonds is 7. The maximum Gasteiger partial charge on any atom is 0.267 e. The number of piperazine rings is 1. The van der Waals surface area contributed by atoms with Gasteiger partial charge in [0.25, 0.3) is 5.91 Å². The van der Waals surface area contributed by atoms with E-state index in [0.29, 0.717) is 11.3 Å². The van der Waals surface area contributed by atoms with Crippen molar-refractivity contribution in [2.75, 3.05) is 33.2 Å².